The Morgan fingerprint density at radius 2 is 2.09 bits per heavy atom. The number of Topliss-reactive ketones (excluding diaryl/α,β-unsaturated/α-hetero) is 1. The Labute approximate surface area is 150 Å². The number of methoxy groups -OCH3 is 1. The van der Waals surface area contributed by atoms with E-state index in [0.29, 0.717) is 21.9 Å². The molecule has 0 radical (unpaired) electrons. The number of carbonyl (C=O) groups excluding carboxylic acids is 1. The molecule has 1 aliphatic rings. The van der Waals surface area contributed by atoms with Crippen molar-refractivity contribution in [2.24, 2.45) is 0 Å². The second-order valence-corrected chi connectivity index (χ2v) is 9.84. The first-order valence-corrected chi connectivity index (χ1v) is 11.2. The van der Waals surface area contributed by atoms with Gasteiger partial charge in [-0.1, -0.05) is 0 Å². The topological polar surface area (TPSA) is 55.4 Å². The van der Waals surface area contributed by atoms with E-state index in [4.69, 9.17) is 4.74 Å². The van der Waals surface area contributed by atoms with Gasteiger partial charge in [-0.2, -0.15) is 0 Å². The van der Waals surface area contributed by atoms with E-state index >= 15 is 0 Å². The van der Waals surface area contributed by atoms with Crippen LogP contribution < -0.4 is 31.3 Å². The third-order valence-corrected chi connectivity index (χ3v) is 6.86. The molecule has 0 fully saturated rings. The molecule has 2 rings (SSSR count). The van der Waals surface area contributed by atoms with Crippen LogP contribution in [0.5, 0.6) is 5.75 Å². The fourth-order valence-corrected chi connectivity index (χ4v) is 4.99. The predicted molar refractivity (Wildman–Crippen MR) is 89.2 cm³/mol. The minimum absolute atomic E-state index is 0.0254. The van der Waals surface area contributed by atoms with Gasteiger partial charge < -0.3 is 4.74 Å². The second-order valence-electron chi connectivity index (χ2n) is 5.11. The normalized spacial score (nSPS) is 18.9. The second kappa shape index (κ2) is 9.22. The number of alkyl halides is 1. The number of hydrogen-bond acceptors (Lipinski definition) is 4. The number of ether oxygens (including phenoxy) is 1. The zero-order valence-corrected chi connectivity index (χ0v) is 16.2. The van der Waals surface area contributed by atoms with Gasteiger partial charge in [-0.15, -0.1) is 0 Å². The summed E-state index contributed by atoms with van der Waals surface area (Å²) in [6.45, 7) is 2.08. The third-order valence-electron chi connectivity index (χ3n) is 3.31. The quantitative estimate of drug-likeness (QED) is 0.344. The van der Waals surface area contributed by atoms with E-state index in [-0.39, 0.29) is 32.7 Å². The maximum atomic E-state index is 12.3. The number of benzene rings is 1. The summed E-state index contributed by atoms with van der Waals surface area (Å²) >= 11 is -0.0650. The van der Waals surface area contributed by atoms with Gasteiger partial charge in [0.05, 0.1) is 7.11 Å². The summed E-state index contributed by atoms with van der Waals surface area (Å²) in [6, 6.07) is 7.67. The standard InChI is InChI=1S/C17H21INO3S/c1-13-18-11-3-4-17(19-13)23(21)12-15(20)8-5-14-6-9-16(22-2)10-7-14/h3-4,6-7,9-11,13,19H,5,8,12H2,1-2H3/q-1/t13-,23?/m1/s1. The fourth-order valence-electron chi connectivity index (χ4n) is 2.06. The van der Waals surface area contributed by atoms with Crippen LogP contribution in [0.1, 0.15) is 18.9 Å². The van der Waals surface area contributed by atoms with E-state index in [1.54, 1.807) is 7.11 Å². The molecule has 2 atom stereocenters. The van der Waals surface area contributed by atoms with E-state index in [1.165, 1.54) is 0 Å². The van der Waals surface area contributed by atoms with E-state index in [9.17, 15) is 9.00 Å². The van der Waals surface area contributed by atoms with Crippen molar-refractivity contribution in [3.05, 3.63) is 51.1 Å². The number of allylic oxidation sites excluding steroid dienone is 2. The Hall–Kier alpha value is -1.15. The van der Waals surface area contributed by atoms with Gasteiger partial charge in [-0.3, -0.25) is 0 Å². The first kappa shape index (κ1) is 18.2. The molecule has 0 amide bonds. The first-order chi connectivity index (χ1) is 11.1. The van der Waals surface area contributed by atoms with Gasteiger partial charge in [0, 0.05) is 0 Å². The van der Waals surface area contributed by atoms with Gasteiger partial charge in [0.15, 0.2) is 0 Å². The van der Waals surface area contributed by atoms with Crippen molar-refractivity contribution in [1.29, 1.82) is 0 Å². The predicted octanol–water partition coefficient (Wildman–Crippen LogP) is -0.661. The van der Waals surface area contributed by atoms with Crippen LogP contribution in [0.2, 0.25) is 0 Å². The van der Waals surface area contributed by atoms with Crippen LogP contribution >= 0.6 is 0 Å². The van der Waals surface area contributed by atoms with Gasteiger partial charge in [0.2, 0.25) is 0 Å². The van der Waals surface area contributed by atoms with Crippen LogP contribution in [-0.4, -0.2) is 26.9 Å². The Balaban J connectivity index is 1.82. The molecular formula is C17H21INO3S-. The van der Waals surface area contributed by atoms with Crippen LogP contribution in [0.15, 0.2) is 45.5 Å². The molecule has 0 aliphatic carbocycles. The Morgan fingerprint density at radius 3 is 2.78 bits per heavy atom. The Bertz CT molecular complexity index is 625. The maximum absolute atomic E-state index is 12.3. The van der Waals surface area contributed by atoms with Crippen LogP contribution in [0.25, 0.3) is 0 Å². The number of hydrogen-bond donors (Lipinski definition) is 1. The zero-order valence-electron chi connectivity index (χ0n) is 13.3. The van der Waals surface area contributed by atoms with Gasteiger partial charge in [0.25, 0.3) is 0 Å². The summed E-state index contributed by atoms with van der Waals surface area (Å²) in [5.74, 6) is 0.906. The summed E-state index contributed by atoms with van der Waals surface area (Å²) in [6.07, 6.45) is 4.84. The molecule has 0 spiro atoms. The Morgan fingerprint density at radius 1 is 1.35 bits per heavy atom. The molecule has 0 bridgehead atoms. The summed E-state index contributed by atoms with van der Waals surface area (Å²) in [5, 5.41) is 3.92. The van der Waals surface area contributed by atoms with Crippen molar-refractivity contribution in [2.75, 3.05) is 12.9 Å². The molecule has 1 aromatic carbocycles. The molecule has 0 aromatic heterocycles. The van der Waals surface area contributed by atoms with Crippen LogP contribution in [-0.2, 0) is 22.0 Å². The summed E-state index contributed by atoms with van der Waals surface area (Å²) in [7, 11) is 0.343. The molecule has 0 saturated heterocycles. The Kier molecular flexibility index (Phi) is 7.29. The molecule has 1 unspecified atom stereocenters. The summed E-state index contributed by atoms with van der Waals surface area (Å²) in [5.41, 5.74) is 1.08. The summed E-state index contributed by atoms with van der Waals surface area (Å²) in [4.78, 5) is 12.1. The molecule has 126 valence electrons. The van der Waals surface area contributed by atoms with Crippen molar-refractivity contribution >= 4 is 16.6 Å². The zero-order chi connectivity index (χ0) is 16.7. The van der Waals surface area contributed by atoms with E-state index in [0.717, 1.165) is 11.3 Å². The van der Waals surface area contributed by atoms with Crippen molar-refractivity contribution < 1.29 is 34.9 Å². The molecule has 4 nitrogen and oxygen atoms in total. The van der Waals surface area contributed by atoms with Crippen LogP contribution in [0.4, 0.5) is 0 Å². The van der Waals surface area contributed by atoms with Crippen molar-refractivity contribution in [3.63, 3.8) is 0 Å². The average Bonchev–Trinajstić information content (AvgIpc) is 2.78. The number of carbonyl (C=O) groups is 1. The number of ketones is 1. The molecule has 1 aliphatic heterocycles. The monoisotopic (exact) mass is 446 g/mol. The molecule has 1 aromatic rings. The first-order valence-electron chi connectivity index (χ1n) is 7.37. The molecular weight excluding hydrogens is 425 g/mol. The van der Waals surface area contributed by atoms with Gasteiger partial charge in [-0.25, -0.2) is 0 Å². The molecule has 23 heavy (non-hydrogen) atoms. The molecule has 1 heterocycles. The number of aryl methyl sites for hydroxylation is 1. The summed E-state index contributed by atoms with van der Waals surface area (Å²) < 4.78 is 19.9. The number of rotatable bonds is 7. The SMILES string of the molecule is COc1ccc(CCC(=O)CS(=O)C2=CC=C[I-][C@@H](C)N2)cc1. The minimum atomic E-state index is -1.28. The van der Waals surface area contributed by atoms with Gasteiger partial charge in [-0.05, 0) is 0 Å². The molecule has 6 heteroatoms. The average molecular weight is 446 g/mol. The van der Waals surface area contributed by atoms with E-state index in [1.807, 2.05) is 36.4 Å². The van der Waals surface area contributed by atoms with E-state index < -0.39 is 10.8 Å². The fraction of sp³-hybridized carbons (Fsp3) is 0.353. The number of halogens is 1. The van der Waals surface area contributed by atoms with Gasteiger partial charge >= 0.3 is 139 Å². The van der Waals surface area contributed by atoms with Crippen molar-refractivity contribution in [1.82, 2.24) is 5.32 Å². The van der Waals surface area contributed by atoms with Crippen LogP contribution in [0, 0.1) is 0 Å². The third kappa shape index (κ3) is 6.10. The van der Waals surface area contributed by atoms with E-state index in [2.05, 4.69) is 16.3 Å². The van der Waals surface area contributed by atoms with Crippen molar-refractivity contribution in [3.8, 4) is 5.75 Å². The number of nitrogens with one attached hydrogen (secondary N) is 1. The van der Waals surface area contributed by atoms with Gasteiger partial charge in [0.1, 0.15) is 0 Å². The van der Waals surface area contributed by atoms with Crippen LogP contribution in [0.3, 0.4) is 0 Å². The molecule has 1 N–H and O–H groups in total. The molecule has 0 saturated carbocycles. The van der Waals surface area contributed by atoms with Crippen molar-refractivity contribution in [2.45, 2.75) is 23.8 Å².